The molecule has 0 aromatic rings. The Morgan fingerprint density at radius 2 is 2.60 bits per heavy atom. The highest BCUT2D eigenvalue weighted by atomic mass is 16.3. The van der Waals surface area contributed by atoms with Crippen molar-refractivity contribution in [3.05, 3.63) is 12.2 Å². The van der Waals surface area contributed by atoms with Gasteiger partial charge in [0.1, 0.15) is 0 Å². The van der Waals surface area contributed by atoms with Crippen molar-refractivity contribution in [1.82, 2.24) is 0 Å². The molecule has 0 saturated heterocycles. The van der Waals surface area contributed by atoms with E-state index in [9.17, 15) is 9.90 Å². The van der Waals surface area contributed by atoms with Crippen LogP contribution >= 0.6 is 0 Å². The molecule has 0 heterocycles. The number of carbonyl (C=O) groups excluding carboxylic acids is 1. The molecule has 0 aromatic heterocycles. The SMILES string of the molecule is CC[C@@H](O)[C@H]1CC=CC1=O. The normalized spacial score (nSPS) is 27.4. The van der Waals surface area contributed by atoms with Crippen molar-refractivity contribution in [2.45, 2.75) is 25.9 Å². The molecule has 0 aromatic carbocycles. The van der Waals surface area contributed by atoms with Gasteiger partial charge in [-0.1, -0.05) is 13.0 Å². The molecule has 2 nitrogen and oxygen atoms in total. The molecule has 1 N–H and O–H groups in total. The third-order valence-corrected chi connectivity index (χ3v) is 1.92. The van der Waals surface area contributed by atoms with E-state index < -0.39 is 6.10 Å². The van der Waals surface area contributed by atoms with E-state index in [4.69, 9.17) is 0 Å². The van der Waals surface area contributed by atoms with Crippen molar-refractivity contribution < 1.29 is 9.90 Å². The minimum absolute atomic E-state index is 0.0781. The first kappa shape index (κ1) is 7.48. The van der Waals surface area contributed by atoms with Gasteiger partial charge in [-0.05, 0) is 18.9 Å². The summed E-state index contributed by atoms with van der Waals surface area (Å²) in [6, 6.07) is 0. The van der Waals surface area contributed by atoms with Gasteiger partial charge in [0.05, 0.1) is 12.0 Å². The second kappa shape index (κ2) is 2.97. The largest absolute Gasteiger partial charge is 0.392 e. The lowest BCUT2D eigenvalue weighted by atomic mass is 9.97. The first-order valence-corrected chi connectivity index (χ1v) is 3.64. The van der Waals surface area contributed by atoms with Crippen LogP contribution < -0.4 is 0 Å². The molecular weight excluding hydrogens is 128 g/mol. The van der Waals surface area contributed by atoms with E-state index in [2.05, 4.69) is 0 Å². The standard InChI is InChI=1S/C8H12O2/c1-2-7(9)6-4-3-5-8(6)10/h3,5-7,9H,2,4H2,1H3/t6-,7-/m1/s1. The Bertz CT molecular complexity index is 161. The number of rotatable bonds is 2. The predicted octanol–water partition coefficient (Wildman–Crippen LogP) is 0.902. The first-order valence-electron chi connectivity index (χ1n) is 3.64. The summed E-state index contributed by atoms with van der Waals surface area (Å²) >= 11 is 0. The lowest BCUT2D eigenvalue weighted by Gasteiger charge is -2.13. The highest BCUT2D eigenvalue weighted by Crippen LogP contribution is 2.19. The Balaban J connectivity index is 2.51. The summed E-state index contributed by atoms with van der Waals surface area (Å²) < 4.78 is 0. The van der Waals surface area contributed by atoms with Crippen molar-refractivity contribution in [2.24, 2.45) is 5.92 Å². The van der Waals surface area contributed by atoms with Crippen LogP contribution in [0.1, 0.15) is 19.8 Å². The Morgan fingerprint density at radius 1 is 1.90 bits per heavy atom. The average molecular weight is 140 g/mol. The number of carbonyl (C=O) groups is 1. The van der Waals surface area contributed by atoms with Crippen LogP contribution in [0.5, 0.6) is 0 Å². The molecule has 10 heavy (non-hydrogen) atoms. The zero-order chi connectivity index (χ0) is 7.56. The minimum Gasteiger partial charge on any atom is -0.392 e. The van der Waals surface area contributed by atoms with Crippen LogP contribution in [0.3, 0.4) is 0 Å². The molecule has 0 bridgehead atoms. The van der Waals surface area contributed by atoms with Crippen molar-refractivity contribution in [3.8, 4) is 0 Å². The highest BCUT2D eigenvalue weighted by molar-refractivity contribution is 5.94. The fourth-order valence-corrected chi connectivity index (χ4v) is 1.20. The number of allylic oxidation sites excluding steroid dienone is 2. The fraction of sp³-hybridized carbons (Fsp3) is 0.625. The van der Waals surface area contributed by atoms with Crippen LogP contribution in [0.4, 0.5) is 0 Å². The molecule has 2 heteroatoms. The second-order valence-corrected chi connectivity index (χ2v) is 2.62. The molecular formula is C8H12O2. The summed E-state index contributed by atoms with van der Waals surface area (Å²) in [5.41, 5.74) is 0. The second-order valence-electron chi connectivity index (χ2n) is 2.62. The minimum atomic E-state index is -0.442. The van der Waals surface area contributed by atoms with Gasteiger partial charge in [-0.3, -0.25) is 4.79 Å². The van der Waals surface area contributed by atoms with E-state index >= 15 is 0 Å². The van der Waals surface area contributed by atoms with Crippen LogP contribution in [0.2, 0.25) is 0 Å². The molecule has 0 spiro atoms. The molecule has 0 aliphatic heterocycles. The van der Waals surface area contributed by atoms with Crippen LogP contribution in [0.15, 0.2) is 12.2 Å². The van der Waals surface area contributed by atoms with Crippen LogP contribution in [0.25, 0.3) is 0 Å². The Morgan fingerprint density at radius 3 is 3.00 bits per heavy atom. The van der Waals surface area contributed by atoms with E-state index in [1.165, 1.54) is 0 Å². The van der Waals surface area contributed by atoms with Crippen LogP contribution in [-0.4, -0.2) is 17.0 Å². The zero-order valence-corrected chi connectivity index (χ0v) is 6.08. The summed E-state index contributed by atoms with van der Waals surface area (Å²) in [7, 11) is 0. The van der Waals surface area contributed by atoms with Crippen molar-refractivity contribution in [1.29, 1.82) is 0 Å². The van der Waals surface area contributed by atoms with E-state index in [1.807, 2.05) is 13.0 Å². The Labute approximate surface area is 60.6 Å². The van der Waals surface area contributed by atoms with Gasteiger partial charge < -0.3 is 5.11 Å². The van der Waals surface area contributed by atoms with Crippen LogP contribution in [0, 0.1) is 5.92 Å². The topological polar surface area (TPSA) is 37.3 Å². The molecule has 0 radical (unpaired) electrons. The van der Waals surface area contributed by atoms with E-state index in [0.29, 0.717) is 12.8 Å². The summed E-state index contributed by atoms with van der Waals surface area (Å²) in [5, 5.41) is 9.27. The van der Waals surface area contributed by atoms with Gasteiger partial charge in [0.2, 0.25) is 0 Å². The maximum Gasteiger partial charge on any atom is 0.161 e. The summed E-state index contributed by atoms with van der Waals surface area (Å²) in [6.45, 7) is 1.89. The smallest absolute Gasteiger partial charge is 0.161 e. The van der Waals surface area contributed by atoms with Crippen molar-refractivity contribution in [3.63, 3.8) is 0 Å². The van der Waals surface area contributed by atoms with Gasteiger partial charge in [-0.25, -0.2) is 0 Å². The maximum absolute atomic E-state index is 10.9. The molecule has 0 unspecified atom stereocenters. The molecule has 1 aliphatic rings. The van der Waals surface area contributed by atoms with Crippen molar-refractivity contribution >= 4 is 5.78 Å². The molecule has 0 saturated carbocycles. The molecule has 1 rings (SSSR count). The van der Waals surface area contributed by atoms with Crippen LogP contribution in [-0.2, 0) is 4.79 Å². The Kier molecular flexibility index (Phi) is 2.22. The first-order chi connectivity index (χ1) is 4.75. The van der Waals surface area contributed by atoms with Gasteiger partial charge in [0.25, 0.3) is 0 Å². The quantitative estimate of drug-likeness (QED) is 0.618. The Hall–Kier alpha value is -0.630. The molecule has 1 aliphatic carbocycles. The molecule has 0 amide bonds. The van der Waals surface area contributed by atoms with E-state index in [-0.39, 0.29) is 11.7 Å². The van der Waals surface area contributed by atoms with Gasteiger partial charge in [0, 0.05) is 0 Å². The van der Waals surface area contributed by atoms with Crippen molar-refractivity contribution in [2.75, 3.05) is 0 Å². The van der Waals surface area contributed by atoms with E-state index in [1.54, 1.807) is 6.08 Å². The summed E-state index contributed by atoms with van der Waals surface area (Å²) in [4.78, 5) is 10.9. The lowest BCUT2D eigenvalue weighted by Crippen LogP contribution is -2.23. The van der Waals surface area contributed by atoms with Gasteiger partial charge in [-0.2, -0.15) is 0 Å². The number of aliphatic hydroxyl groups is 1. The molecule has 56 valence electrons. The predicted molar refractivity (Wildman–Crippen MR) is 38.6 cm³/mol. The number of hydrogen-bond acceptors (Lipinski definition) is 2. The number of hydrogen-bond donors (Lipinski definition) is 1. The average Bonchev–Trinajstić information content (AvgIpc) is 2.34. The number of ketones is 1. The van der Waals surface area contributed by atoms with Gasteiger partial charge in [0.15, 0.2) is 5.78 Å². The molecule has 0 fully saturated rings. The third-order valence-electron chi connectivity index (χ3n) is 1.92. The molecule has 2 atom stereocenters. The van der Waals surface area contributed by atoms with Gasteiger partial charge >= 0.3 is 0 Å². The monoisotopic (exact) mass is 140 g/mol. The number of aliphatic hydroxyl groups excluding tert-OH is 1. The highest BCUT2D eigenvalue weighted by Gasteiger charge is 2.25. The third kappa shape index (κ3) is 1.27. The van der Waals surface area contributed by atoms with E-state index in [0.717, 1.165) is 0 Å². The summed E-state index contributed by atoms with van der Waals surface area (Å²) in [6.07, 6.45) is 4.32. The van der Waals surface area contributed by atoms with Gasteiger partial charge in [-0.15, -0.1) is 0 Å². The lowest BCUT2D eigenvalue weighted by molar-refractivity contribution is -0.120. The summed E-state index contributed by atoms with van der Waals surface area (Å²) in [5.74, 6) is -0.0700. The fourth-order valence-electron chi connectivity index (χ4n) is 1.20. The maximum atomic E-state index is 10.9. The zero-order valence-electron chi connectivity index (χ0n) is 6.08.